The first-order chi connectivity index (χ1) is 9.59. The van der Waals surface area contributed by atoms with Gasteiger partial charge in [0.1, 0.15) is 5.76 Å². The summed E-state index contributed by atoms with van der Waals surface area (Å²) in [6.45, 7) is 2.03. The Bertz CT molecular complexity index is 566. The molecule has 4 heteroatoms. The standard InChI is InChI=1S/C16H18ClNO2/c1-12(9-10-13-6-5-11-20-13)18(2)16(19)14-7-3-4-8-15(14)17/h3-8,11-12H,9-10H2,1-2H3. The lowest BCUT2D eigenvalue weighted by Gasteiger charge is -2.25. The Kier molecular flexibility index (Phi) is 4.85. The third kappa shape index (κ3) is 3.42. The minimum Gasteiger partial charge on any atom is -0.469 e. The smallest absolute Gasteiger partial charge is 0.255 e. The van der Waals surface area contributed by atoms with Crippen LogP contribution >= 0.6 is 11.6 Å². The summed E-state index contributed by atoms with van der Waals surface area (Å²) in [5, 5.41) is 0.489. The van der Waals surface area contributed by atoms with E-state index in [0.717, 1.165) is 18.6 Å². The van der Waals surface area contributed by atoms with Gasteiger partial charge in [-0.3, -0.25) is 4.79 Å². The summed E-state index contributed by atoms with van der Waals surface area (Å²) < 4.78 is 5.30. The van der Waals surface area contributed by atoms with Gasteiger partial charge >= 0.3 is 0 Å². The summed E-state index contributed by atoms with van der Waals surface area (Å²) in [4.78, 5) is 14.1. The molecule has 0 N–H and O–H groups in total. The first-order valence-electron chi connectivity index (χ1n) is 6.63. The summed E-state index contributed by atoms with van der Waals surface area (Å²) in [5.41, 5.74) is 0.543. The van der Waals surface area contributed by atoms with Crippen LogP contribution in [0.3, 0.4) is 0 Å². The fraction of sp³-hybridized carbons (Fsp3) is 0.312. The fourth-order valence-corrected chi connectivity index (χ4v) is 2.24. The molecule has 0 spiro atoms. The zero-order valence-electron chi connectivity index (χ0n) is 11.7. The SMILES string of the molecule is CC(CCc1ccco1)N(C)C(=O)c1ccccc1Cl. The quantitative estimate of drug-likeness (QED) is 0.833. The minimum atomic E-state index is -0.0532. The average Bonchev–Trinajstić information content (AvgIpc) is 2.97. The number of amides is 1. The van der Waals surface area contributed by atoms with Crippen LogP contribution in [0.25, 0.3) is 0 Å². The van der Waals surface area contributed by atoms with Crippen LogP contribution in [0.4, 0.5) is 0 Å². The number of nitrogens with zero attached hydrogens (tertiary/aromatic N) is 1. The van der Waals surface area contributed by atoms with Gasteiger partial charge in [0.25, 0.3) is 5.91 Å². The Morgan fingerprint density at radius 1 is 1.30 bits per heavy atom. The van der Waals surface area contributed by atoms with Gasteiger partial charge in [-0.15, -0.1) is 0 Å². The molecule has 1 amide bonds. The van der Waals surface area contributed by atoms with E-state index in [1.165, 1.54) is 0 Å². The molecule has 1 heterocycles. The molecule has 1 unspecified atom stereocenters. The van der Waals surface area contributed by atoms with Gasteiger partial charge in [-0.1, -0.05) is 23.7 Å². The molecule has 0 bridgehead atoms. The molecule has 0 saturated heterocycles. The highest BCUT2D eigenvalue weighted by molar-refractivity contribution is 6.33. The highest BCUT2D eigenvalue weighted by atomic mass is 35.5. The van der Waals surface area contributed by atoms with Gasteiger partial charge in [0.15, 0.2) is 0 Å². The van der Waals surface area contributed by atoms with Crippen molar-refractivity contribution in [3.63, 3.8) is 0 Å². The Balaban J connectivity index is 1.97. The van der Waals surface area contributed by atoms with Gasteiger partial charge < -0.3 is 9.32 Å². The van der Waals surface area contributed by atoms with E-state index in [1.54, 1.807) is 30.3 Å². The number of benzene rings is 1. The third-order valence-electron chi connectivity index (χ3n) is 3.47. The number of furan rings is 1. The van der Waals surface area contributed by atoms with Gasteiger partial charge in [0.05, 0.1) is 16.8 Å². The van der Waals surface area contributed by atoms with E-state index in [0.29, 0.717) is 10.6 Å². The zero-order valence-corrected chi connectivity index (χ0v) is 12.4. The largest absolute Gasteiger partial charge is 0.469 e. The molecule has 0 fully saturated rings. The molecular formula is C16H18ClNO2. The number of aryl methyl sites for hydroxylation is 1. The first kappa shape index (κ1) is 14.7. The molecule has 0 aliphatic rings. The normalized spacial score (nSPS) is 12.2. The van der Waals surface area contributed by atoms with Crippen LogP contribution in [0.1, 0.15) is 29.5 Å². The van der Waals surface area contributed by atoms with Crippen molar-refractivity contribution in [1.82, 2.24) is 4.90 Å². The van der Waals surface area contributed by atoms with Crippen molar-refractivity contribution in [2.24, 2.45) is 0 Å². The molecule has 2 aromatic rings. The predicted octanol–water partition coefficient (Wildman–Crippen LogP) is 4.03. The number of carbonyl (C=O) groups excluding carboxylic acids is 1. The summed E-state index contributed by atoms with van der Waals surface area (Å²) in [6, 6.07) is 11.1. The number of hydrogen-bond donors (Lipinski definition) is 0. The van der Waals surface area contributed by atoms with Crippen LogP contribution in [-0.2, 0) is 6.42 Å². The molecule has 20 heavy (non-hydrogen) atoms. The number of carbonyl (C=O) groups is 1. The van der Waals surface area contributed by atoms with Crippen LogP contribution < -0.4 is 0 Å². The lowest BCUT2D eigenvalue weighted by Crippen LogP contribution is -2.35. The van der Waals surface area contributed by atoms with Gasteiger partial charge in [-0.25, -0.2) is 0 Å². The van der Waals surface area contributed by atoms with Crippen molar-refractivity contribution in [1.29, 1.82) is 0 Å². The first-order valence-corrected chi connectivity index (χ1v) is 7.01. The van der Waals surface area contributed by atoms with E-state index >= 15 is 0 Å². The molecule has 1 aromatic carbocycles. The van der Waals surface area contributed by atoms with Crippen molar-refractivity contribution in [3.05, 3.63) is 59.0 Å². The second-order valence-electron chi connectivity index (χ2n) is 4.86. The molecule has 1 aromatic heterocycles. The van der Waals surface area contributed by atoms with Crippen molar-refractivity contribution < 1.29 is 9.21 Å². The molecular weight excluding hydrogens is 274 g/mol. The molecule has 0 saturated carbocycles. The maximum atomic E-state index is 12.4. The Morgan fingerprint density at radius 3 is 2.70 bits per heavy atom. The topological polar surface area (TPSA) is 33.5 Å². The summed E-state index contributed by atoms with van der Waals surface area (Å²) >= 11 is 6.06. The molecule has 0 radical (unpaired) electrons. The fourth-order valence-electron chi connectivity index (χ4n) is 2.02. The van der Waals surface area contributed by atoms with Gasteiger partial charge in [0, 0.05) is 19.5 Å². The molecule has 106 valence electrons. The summed E-state index contributed by atoms with van der Waals surface area (Å²) in [7, 11) is 1.80. The van der Waals surface area contributed by atoms with E-state index in [4.69, 9.17) is 16.0 Å². The van der Waals surface area contributed by atoms with Crippen LogP contribution in [0.5, 0.6) is 0 Å². The maximum absolute atomic E-state index is 12.4. The number of rotatable bonds is 5. The average molecular weight is 292 g/mol. The summed E-state index contributed by atoms with van der Waals surface area (Å²) in [6.07, 6.45) is 3.33. The van der Waals surface area contributed by atoms with Crippen LogP contribution in [0.2, 0.25) is 5.02 Å². The Hall–Kier alpha value is -1.74. The zero-order chi connectivity index (χ0) is 14.5. The highest BCUT2D eigenvalue weighted by Gasteiger charge is 2.19. The molecule has 2 rings (SSSR count). The van der Waals surface area contributed by atoms with Gasteiger partial charge in [-0.05, 0) is 37.6 Å². The lowest BCUT2D eigenvalue weighted by molar-refractivity contribution is 0.0736. The third-order valence-corrected chi connectivity index (χ3v) is 3.80. The van der Waals surface area contributed by atoms with E-state index in [2.05, 4.69) is 0 Å². The number of halogens is 1. The monoisotopic (exact) mass is 291 g/mol. The lowest BCUT2D eigenvalue weighted by atomic mass is 10.1. The Labute approximate surface area is 124 Å². The van der Waals surface area contributed by atoms with Crippen LogP contribution in [0, 0.1) is 0 Å². The van der Waals surface area contributed by atoms with Crippen molar-refractivity contribution in [2.75, 3.05) is 7.05 Å². The molecule has 1 atom stereocenters. The van der Waals surface area contributed by atoms with Gasteiger partial charge in [-0.2, -0.15) is 0 Å². The maximum Gasteiger partial charge on any atom is 0.255 e. The van der Waals surface area contributed by atoms with Crippen molar-refractivity contribution in [3.8, 4) is 0 Å². The summed E-state index contributed by atoms with van der Waals surface area (Å²) in [5.74, 6) is 0.887. The van der Waals surface area contributed by atoms with Gasteiger partial charge in [0.2, 0.25) is 0 Å². The predicted molar refractivity (Wildman–Crippen MR) is 80.0 cm³/mol. The second kappa shape index (κ2) is 6.62. The van der Waals surface area contributed by atoms with Crippen LogP contribution in [-0.4, -0.2) is 23.9 Å². The molecule has 0 aliphatic carbocycles. The van der Waals surface area contributed by atoms with E-state index < -0.39 is 0 Å². The molecule has 3 nitrogen and oxygen atoms in total. The second-order valence-corrected chi connectivity index (χ2v) is 5.27. The van der Waals surface area contributed by atoms with Crippen molar-refractivity contribution >= 4 is 17.5 Å². The minimum absolute atomic E-state index is 0.0532. The van der Waals surface area contributed by atoms with Crippen molar-refractivity contribution in [2.45, 2.75) is 25.8 Å². The van der Waals surface area contributed by atoms with E-state index in [9.17, 15) is 4.79 Å². The molecule has 0 aliphatic heterocycles. The van der Waals surface area contributed by atoms with E-state index in [-0.39, 0.29) is 11.9 Å². The Morgan fingerprint density at radius 2 is 2.05 bits per heavy atom. The highest BCUT2D eigenvalue weighted by Crippen LogP contribution is 2.18. The number of hydrogen-bond acceptors (Lipinski definition) is 2. The van der Waals surface area contributed by atoms with Crippen LogP contribution in [0.15, 0.2) is 47.1 Å². The van der Waals surface area contributed by atoms with E-state index in [1.807, 2.05) is 31.2 Å².